The van der Waals surface area contributed by atoms with E-state index in [-0.39, 0.29) is 0 Å². The molecule has 9 heteroatoms. The van der Waals surface area contributed by atoms with E-state index in [1.54, 1.807) is 0 Å². The SMILES string of the molecule is CN(C)CCCNc1nc(NCCCN(C)C)nc(NCCCN(C)C)n1. The Balaban J connectivity index is 2.60. The number of anilines is 3. The van der Waals surface area contributed by atoms with Gasteiger partial charge in [-0.05, 0) is 81.2 Å². The van der Waals surface area contributed by atoms with Crippen LogP contribution in [0.2, 0.25) is 0 Å². The van der Waals surface area contributed by atoms with Crippen molar-refractivity contribution in [1.29, 1.82) is 0 Å². The van der Waals surface area contributed by atoms with Crippen LogP contribution in [-0.4, -0.2) is 111 Å². The van der Waals surface area contributed by atoms with Crippen LogP contribution in [0.5, 0.6) is 0 Å². The predicted octanol–water partition coefficient (Wildman–Crippen LogP) is 0.962. The van der Waals surface area contributed by atoms with Crippen molar-refractivity contribution in [3.63, 3.8) is 0 Å². The van der Waals surface area contributed by atoms with Crippen LogP contribution < -0.4 is 16.0 Å². The summed E-state index contributed by atoms with van der Waals surface area (Å²) in [6, 6.07) is 0. The Morgan fingerprint density at radius 2 is 0.778 bits per heavy atom. The number of aromatic nitrogens is 3. The molecule has 0 radical (unpaired) electrons. The van der Waals surface area contributed by atoms with Gasteiger partial charge in [0.2, 0.25) is 17.8 Å². The molecular weight excluding hydrogens is 342 g/mol. The van der Waals surface area contributed by atoms with Gasteiger partial charge in [-0.1, -0.05) is 0 Å². The van der Waals surface area contributed by atoms with Crippen LogP contribution in [0.4, 0.5) is 17.8 Å². The maximum atomic E-state index is 4.50. The van der Waals surface area contributed by atoms with E-state index >= 15 is 0 Å². The van der Waals surface area contributed by atoms with E-state index in [9.17, 15) is 0 Å². The van der Waals surface area contributed by atoms with Crippen LogP contribution in [0, 0.1) is 0 Å². The number of hydrogen-bond donors (Lipinski definition) is 3. The van der Waals surface area contributed by atoms with Gasteiger partial charge in [0.25, 0.3) is 0 Å². The van der Waals surface area contributed by atoms with Gasteiger partial charge < -0.3 is 30.7 Å². The summed E-state index contributed by atoms with van der Waals surface area (Å²) in [4.78, 5) is 20.0. The lowest BCUT2D eigenvalue weighted by molar-refractivity contribution is 0.404. The largest absolute Gasteiger partial charge is 0.354 e. The van der Waals surface area contributed by atoms with E-state index in [1.165, 1.54) is 0 Å². The Labute approximate surface area is 164 Å². The van der Waals surface area contributed by atoms with Gasteiger partial charge in [-0.15, -0.1) is 0 Å². The minimum absolute atomic E-state index is 0.619. The molecule has 0 aliphatic rings. The highest BCUT2D eigenvalue weighted by atomic mass is 15.3. The average molecular weight is 382 g/mol. The molecule has 0 bridgehead atoms. The van der Waals surface area contributed by atoms with Crippen LogP contribution in [-0.2, 0) is 0 Å². The minimum atomic E-state index is 0.619. The monoisotopic (exact) mass is 381 g/mol. The van der Waals surface area contributed by atoms with Crippen molar-refractivity contribution in [2.45, 2.75) is 19.3 Å². The minimum Gasteiger partial charge on any atom is -0.354 e. The normalized spacial score (nSPS) is 11.4. The van der Waals surface area contributed by atoms with Crippen molar-refractivity contribution in [3.8, 4) is 0 Å². The molecule has 0 fully saturated rings. The highest BCUT2D eigenvalue weighted by Gasteiger charge is 2.06. The van der Waals surface area contributed by atoms with Crippen molar-refractivity contribution >= 4 is 17.8 Å². The van der Waals surface area contributed by atoms with Gasteiger partial charge in [0, 0.05) is 19.6 Å². The van der Waals surface area contributed by atoms with Gasteiger partial charge >= 0.3 is 0 Å². The van der Waals surface area contributed by atoms with E-state index in [2.05, 4.69) is 87.9 Å². The van der Waals surface area contributed by atoms with Crippen molar-refractivity contribution in [2.75, 3.05) is 97.5 Å². The molecule has 0 amide bonds. The predicted molar refractivity (Wildman–Crippen MR) is 115 cm³/mol. The Bertz CT molecular complexity index is 422. The van der Waals surface area contributed by atoms with Crippen molar-refractivity contribution < 1.29 is 0 Å². The zero-order chi connectivity index (χ0) is 20.1. The molecule has 1 rings (SSSR count). The Kier molecular flexibility index (Phi) is 11.6. The fraction of sp³-hybridized carbons (Fsp3) is 0.833. The summed E-state index contributed by atoms with van der Waals surface area (Å²) < 4.78 is 0. The molecule has 1 aromatic heterocycles. The lowest BCUT2D eigenvalue weighted by atomic mass is 10.4. The van der Waals surface area contributed by atoms with Crippen molar-refractivity contribution in [2.24, 2.45) is 0 Å². The lowest BCUT2D eigenvalue weighted by Crippen LogP contribution is -2.20. The van der Waals surface area contributed by atoms with Gasteiger partial charge in [-0.3, -0.25) is 0 Å². The molecule has 0 aromatic carbocycles. The van der Waals surface area contributed by atoms with Crippen LogP contribution in [0.15, 0.2) is 0 Å². The molecule has 9 nitrogen and oxygen atoms in total. The summed E-state index contributed by atoms with van der Waals surface area (Å²) in [6.07, 6.45) is 3.11. The zero-order valence-electron chi connectivity index (χ0n) is 18.0. The van der Waals surface area contributed by atoms with E-state index < -0.39 is 0 Å². The van der Waals surface area contributed by atoms with Crippen molar-refractivity contribution in [1.82, 2.24) is 29.7 Å². The van der Waals surface area contributed by atoms with E-state index in [1.807, 2.05) is 0 Å². The van der Waals surface area contributed by atoms with E-state index in [0.29, 0.717) is 17.8 Å². The molecular formula is C18H39N9. The second-order valence-corrected chi connectivity index (χ2v) is 7.56. The van der Waals surface area contributed by atoms with E-state index in [4.69, 9.17) is 0 Å². The Morgan fingerprint density at radius 1 is 0.519 bits per heavy atom. The molecule has 156 valence electrons. The fourth-order valence-corrected chi connectivity index (χ4v) is 2.40. The molecule has 0 unspecified atom stereocenters. The quantitative estimate of drug-likeness (QED) is 0.385. The third-order valence-corrected chi connectivity index (χ3v) is 3.83. The molecule has 1 aromatic rings. The highest BCUT2D eigenvalue weighted by Crippen LogP contribution is 2.10. The molecule has 3 N–H and O–H groups in total. The van der Waals surface area contributed by atoms with Crippen LogP contribution in [0.3, 0.4) is 0 Å². The average Bonchev–Trinajstić information content (AvgIpc) is 2.59. The second-order valence-electron chi connectivity index (χ2n) is 7.56. The van der Waals surface area contributed by atoms with Crippen LogP contribution in [0.25, 0.3) is 0 Å². The second kappa shape index (κ2) is 13.5. The molecule has 0 aliphatic carbocycles. The summed E-state index contributed by atoms with van der Waals surface area (Å²) in [6.45, 7) is 5.60. The maximum absolute atomic E-state index is 4.50. The number of rotatable bonds is 15. The zero-order valence-corrected chi connectivity index (χ0v) is 18.0. The first kappa shape index (κ1) is 23.3. The molecule has 0 spiro atoms. The first-order chi connectivity index (χ1) is 12.9. The first-order valence-electron chi connectivity index (χ1n) is 9.78. The molecule has 27 heavy (non-hydrogen) atoms. The lowest BCUT2D eigenvalue weighted by Gasteiger charge is -2.14. The number of hydrogen-bond acceptors (Lipinski definition) is 9. The molecule has 0 aliphatic heterocycles. The third-order valence-electron chi connectivity index (χ3n) is 3.83. The topological polar surface area (TPSA) is 84.5 Å². The summed E-state index contributed by atoms with van der Waals surface area (Å²) in [5.74, 6) is 1.86. The van der Waals surface area contributed by atoms with Gasteiger partial charge in [0.1, 0.15) is 0 Å². The highest BCUT2D eigenvalue weighted by molar-refractivity contribution is 5.42. The first-order valence-corrected chi connectivity index (χ1v) is 9.78. The number of nitrogens with zero attached hydrogens (tertiary/aromatic N) is 6. The molecule has 0 atom stereocenters. The maximum Gasteiger partial charge on any atom is 0.229 e. The molecule has 0 saturated carbocycles. The van der Waals surface area contributed by atoms with Crippen molar-refractivity contribution in [3.05, 3.63) is 0 Å². The third kappa shape index (κ3) is 12.3. The van der Waals surface area contributed by atoms with E-state index in [0.717, 1.165) is 58.5 Å². The van der Waals surface area contributed by atoms with Gasteiger partial charge in [-0.2, -0.15) is 15.0 Å². The van der Waals surface area contributed by atoms with Gasteiger partial charge in [0.15, 0.2) is 0 Å². The Hall–Kier alpha value is -1.71. The summed E-state index contributed by atoms with van der Waals surface area (Å²) >= 11 is 0. The summed E-state index contributed by atoms with van der Waals surface area (Å²) in [5.41, 5.74) is 0. The Morgan fingerprint density at radius 3 is 1.00 bits per heavy atom. The molecule has 1 heterocycles. The smallest absolute Gasteiger partial charge is 0.229 e. The summed E-state index contributed by atoms with van der Waals surface area (Å²) in [5, 5.41) is 9.94. The molecule has 0 saturated heterocycles. The fourth-order valence-electron chi connectivity index (χ4n) is 2.40. The summed E-state index contributed by atoms with van der Waals surface area (Å²) in [7, 11) is 12.5. The van der Waals surface area contributed by atoms with Gasteiger partial charge in [-0.25, -0.2) is 0 Å². The van der Waals surface area contributed by atoms with Crippen LogP contribution >= 0.6 is 0 Å². The van der Waals surface area contributed by atoms with Gasteiger partial charge in [0.05, 0.1) is 0 Å². The number of nitrogens with one attached hydrogen (secondary N) is 3. The standard InChI is InChI=1S/C18H39N9/c1-25(2)13-7-10-19-16-22-17(20-11-8-14-26(3)4)24-18(23-16)21-12-9-15-27(5)6/h7-15H2,1-6H3,(H3,19,20,21,22,23,24). The van der Waals surface area contributed by atoms with Crippen LogP contribution in [0.1, 0.15) is 19.3 Å².